The molecule has 3 aromatic carbocycles. The zero-order valence-electron chi connectivity index (χ0n) is 18.3. The van der Waals surface area contributed by atoms with Crippen molar-refractivity contribution in [3.05, 3.63) is 121 Å². The fraction of sp³-hybridized carbons (Fsp3) is 0.0690. The number of aryl methyl sites for hydroxylation is 2. The van der Waals surface area contributed by atoms with Crippen LogP contribution in [-0.4, -0.2) is 14.5 Å². The SMILES string of the molecule is N#Cc1[c-]c(-c2ccc(-c3ccccc3)cn2)ccc1.[Ir].[c-]1cccc2c1-c1nccn1CC2. The van der Waals surface area contributed by atoms with E-state index in [9.17, 15) is 0 Å². The number of benzene rings is 3. The average molecular weight is 617 g/mol. The van der Waals surface area contributed by atoms with Gasteiger partial charge in [0.1, 0.15) is 0 Å². The molecule has 0 saturated heterocycles. The van der Waals surface area contributed by atoms with Gasteiger partial charge in [-0.05, 0) is 23.6 Å². The number of hydrogen-bond acceptors (Lipinski definition) is 3. The minimum atomic E-state index is 0. The summed E-state index contributed by atoms with van der Waals surface area (Å²) in [6.07, 6.45) is 6.82. The Labute approximate surface area is 212 Å². The molecule has 0 bridgehead atoms. The van der Waals surface area contributed by atoms with Gasteiger partial charge in [-0.15, -0.1) is 59.7 Å². The molecule has 1 aliphatic rings. The van der Waals surface area contributed by atoms with Crippen LogP contribution in [0.25, 0.3) is 33.8 Å². The molecule has 0 N–H and O–H groups in total. The van der Waals surface area contributed by atoms with E-state index in [0.717, 1.165) is 41.2 Å². The maximum absolute atomic E-state index is 8.90. The minimum Gasteiger partial charge on any atom is -0.371 e. The quantitative estimate of drug-likeness (QED) is 0.229. The van der Waals surface area contributed by atoms with Gasteiger partial charge < -0.3 is 4.57 Å². The summed E-state index contributed by atoms with van der Waals surface area (Å²) in [6.45, 7) is 1.04. The van der Waals surface area contributed by atoms with E-state index in [1.807, 2.05) is 73.2 Å². The first-order valence-corrected chi connectivity index (χ1v) is 10.8. The summed E-state index contributed by atoms with van der Waals surface area (Å²) in [5, 5.41) is 8.90. The summed E-state index contributed by atoms with van der Waals surface area (Å²) >= 11 is 0. The monoisotopic (exact) mass is 617 g/mol. The van der Waals surface area contributed by atoms with Crippen molar-refractivity contribution in [1.29, 1.82) is 5.26 Å². The van der Waals surface area contributed by atoms with Crippen molar-refractivity contribution < 1.29 is 20.1 Å². The second-order valence-electron chi connectivity index (χ2n) is 7.65. The van der Waals surface area contributed by atoms with E-state index < -0.39 is 0 Å². The van der Waals surface area contributed by atoms with Crippen molar-refractivity contribution in [2.75, 3.05) is 0 Å². The van der Waals surface area contributed by atoms with Crippen LogP contribution in [0.5, 0.6) is 0 Å². The Balaban J connectivity index is 0.000000169. The summed E-state index contributed by atoms with van der Waals surface area (Å²) in [5.41, 5.74) is 6.92. The van der Waals surface area contributed by atoms with Gasteiger partial charge in [-0.3, -0.25) is 9.97 Å². The first-order chi connectivity index (χ1) is 16.3. The predicted molar refractivity (Wildman–Crippen MR) is 129 cm³/mol. The van der Waals surface area contributed by atoms with Gasteiger partial charge in [-0.1, -0.05) is 53.6 Å². The second kappa shape index (κ2) is 10.9. The third-order valence-electron chi connectivity index (χ3n) is 5.57. The smallest absolute Gasteiger partial charge is 0.0560 e. The van der Waals surface area contributed by atoms with Crippen LogP contribution in [0, 0.1) is 23.5 Å². The molecule has 1 radical (unpaired) electrons. The summed E-state index contributed by atoms with van der Waals surface area (Å²) < 4.78 is 2.18. The number of pyridine rings is 1. The molecule has 0 fully saturated rings. The zero-order chi connectivity index (χ0) is 22.5. The van der Waals surface area contributed by atoms with Crippen molar-refractivity contribution in [1.82, 2.24) is 14.5 Å². The number of hydrogen-bond donors (Lipinski definition) is 0. The molecular formula is C29H20IrN4-2. The Morgan fingerprint density at radius 1 is 0.882 bits per heavy atom. The predicted octanol–water partition coefficient (Wildman–Crippen LogP) is 5.99. The molecule has 5 heteroatoms. The topological polar surface area (TPSA) is 54.5 Å². The van der Waals surface area contributed by atoms with Crippen molar-refractivity contribution in [2.45, 2.75) is 13.0 Å². The van der Waals surface area contributed by atoms with Gasteiger partial charge in [-0.2, -0.15) is 0 Å². The van der Waals surface area contributed by atoms with Gasteiger partial charge in [0.2, 0.25) is 0 Å². The van der Waals surface area contributed by atoms with Crippen LogP contribution < -0.4 is 0 Å². The van der Waals surface area contributed by atoms with Gasteiger partial charge in [0.25, 0.3) is 0 Å². The number of aromatic nitrogens is 3. The Morgan fingerprint density at radius 3 is 2.56 bits per heavy atom. The number of rotatable bonds is 2. The van der Waals surface area contributed by atoms with E-state index in [-0.39, 0.29) is 20.1 Å². The summed E-state index contributed by atoms with van der Waals surface area (Å²) in [5.74, 6) is 1.06. The first-order valence-electron chi connectivity index (χ1n) is 10.8. The molecule has 1 aliphatic heterocycles. The third-order valence-corrected chi connectivity index (χ3v) is 5.57. The van der Waals surface area contributed by atoms with Crippen LogP contribution in [0.3, 0.4) is 0 Å². The number of fused-ring (bicyclic) bond motifs is 3. The molecule has 5 aromatic rings. The molecule has 0 saturated carbocycles. The van der Waals surface area contributed by atoms with Crippen LogP contribution in [0.15, 0.2) is 97.5 Å². The summed E-state index contributed by atoms with van der Waals surface area (Å²) in [6, 6.07) is 34.1. The maximum atomic E-state index is 8.90. The molecule has 2 aromatic heterocycles. The molecule has 34 heavy (non-hydrogen) atoms. The normalized spacial score (nSPS) is 11.0. The van der Waals surface area contributed by atoms with E-state index in [0.29, 0.717) is 5.56 Å². The van der Waals surface area contributed by atoms with Gasteiger partial charge in [0, 0.05) is 50.9 Å². The number of imidazole rings is 1. The van der Waals surface area contributed by atoms with Crippen molar-refractivity contribution in [3.63, 3.8) is 0 Å². The largest absolute Gasteiger partial charge is 0.371 e. The standard InChI is InChI=1S/C18H11N2.C11H9N2.Ir/c19-12-14-5-4-8-16(11-14)18-10-9-17(13-20-18)15-6-2-1-3-7-15;1-2-4-10-9(3-1)5-7-13-8-6-12-11(10)13;/h1-10,13H;1-3,6,8H,5,7H2;/q2*-1;. The van der Waals surface area contributed by atoms with E-state index >= 15 is 0 Å². The molecule has 0 amide bonds. The van der Waals surface area contributed by atoms with Gasteiger partial charge >= 0.3 is 0 Å². The zero-order valence-corrected chi connectivity index (χ0v) is 20.7. The molecule has 0 spiro atoms. The third kappa shape index (κ3) is 5.05. The minimum absolute atomic E-state index is 0. The summed E-state index contributed by atoms with van der Waals surface area (Å²) in [4.78, 5) is 8.79. The Bertz CT molecular complexity index is 1420. The van der Waals surface area contributed by atoms with Gasteiger partial charge in [0.05, 0.1) is 5.82 Å². The first kappa shape index (κ1) is 23.3. The number of nitriles is 1. The summed E-state index contributed by atoms with van der Waals surface area (Å²) in [7, 11) is 0. The van der Waals surface area contributed by atoms with Gasteiger partial charge in [0.15, 0.2) is 0 Å². The van der Waals surface area contributed by atoms with Crippen LogP contribution in [0.4, 0.5) is 0 Å². The Kier molecular flexibility index (Phi) is 7.44. The fourth-order valence-corrected chi connectivity index (χ4v) is 3.89. The van der Waals surface area contributed by atoms with Crippen LogP contribution in [0.2, 0.25) is 0 Å². The molecule has 3 heterocycles. The van der Waals surface area contributed by atoms with Crippen molar-refractivity contribution in [3.8, 4) is 39.8 Å². The Hall–Kier alpha value is -3.84. The molecule has 6 rings (SSSR count). The molecule has 0 unspecified atom stereocenters. The Morgan fingerprint density at radius 2 is 1.76 bits per heavy atom. The van der Waals surface area contributed by atoms with Crippen molar-refractivity contribution in [2.24, 2.45) is 0 Å². The second-order valence-corrected chi connectivity index (χ2v) is 7.65. The van der Waals surface area contributed by atoms with Crippen molar-refractivity contribution >= 4 is 0 Å². The van der Waals surface area contributed by atoms with Crippen LogP contribution in [0.1, 0.15) is 11.1 Å². The van der Waals surface area contributed by atoms with Gasteiger partial charge in [-0.25, -0.2) is 5.26 Å². The molecule has 0 aliphatic carbocycles. The average Bonchev–Trinajstić information content (AvgIpc) is 3.39. The van der Waals surface area contributed by atoms with Crippen LogP contribution >= 0.6 is 0 Å². The molecular weight excluding hydrogens is 597 g/mol. The molecule has 167 valence electrons. The number of nitrogens with zero attached hydrogens (tertiary/aromatic N) is 4. The van der Waals surface area contributed by atoms with E-state index in [4.69, 9.17) is 5.26 Å². The van der Waals surface area contributed by atoms with E-state index in [2.05, 4.69) is 50.9 Å². The van der Waals surface area contributed by atoms with E-state index in [1.54, 1.807) is 6.07 Å². The van der Waals surface area contributed by atoms with Crippen LogP contribution in [-0.2, 0) is 33.1 Å². The molecule has 4 nitrogen and oxygen atoms in total. The fourth-order valence-electron chi connectivity index (χ4n) is 3.89. The van der Waals surface area contributed by atoms with E-state index in [1.165, 1.54) is 11.1 Å². The molecule has 0 atom stereocenters. The maximum Gasteiger partial charge on any atom is 0.0560 e.